The van der Waals surface area contributed by atoms with Gasteiger partial charge in [-0.1, -0.05) is 17.8 Å². The Balaban J connectivity index is 2.14. The van der Waals surface area contributed by atoms with Crippen LogP contribution in [0.5, 0.6) is 0 Å². The Morgan fingerprint density at radius 1 is 1.46 bits per heavy atom. The molecule has 0 fully saturated rings. The second kappa shape index (κ2) is 9.19. The molecule has 0 radical (unpaired) electrons. The molecule has 24 heavy (non-hydrogen) atoms. The summed E-state index contributed by atoms with van der Waals surface area (Å²) in [7, 11) is 1.60. The van der Waals surface area contributed by atoms with E-state index in [0.29, 0.717) is 24.9 Å². The van der Waals surface area contributed by atoms with Crippen molar-refractivity contribution in [3.63, 3.8) is 0 Å². The summed E-state index contributed by atoms with van der Waals surface area (Å²) in [5.74, 6) is 0.669. The number of rotatable bonds is 9. The van der Waals surface area contributed by atoms with Crippen LogP contribution in [0.4, 0.5) is 0 Å². The van der Waals surface area contributed by atoms with Gasteiger partial charge in [0.15, 0.2) is 11.0 Å². The molecular formula is C16H21N5O2S. The number of nitrogens with zero attached hydrogens (tertiary/aromatic N) is 4. The summed E-state index contributed by atoms with van der Waals surface area (Å²) in [6.45, 7) is 7.16. The summed E-state index contributed by atoms with van der Waals surface area (Å²) < 4.78 is 6.87. The summed E-state index contributed by atoms with van der Waals surface area (Å²) in [6, 6.07) is 3.75. The zero-order valence-electron chi connectivity index (χ0n) is 13.8. The maximum Gasteiger partial charge on any atom is 0.233 e. The zero-order chi connectivity index (χ0) is 17.4. The largest absolute Gasteiger partial charge is 0.383 e. The number of hydrogen-bond donors (Lipinski definition) is 1. The Hall–Kier alpha value is -2.19. The molecule has 2 aromatic heterocycles. The highest BCUT2D eigenvalue weighted by atomic mass is 32.2. The molecule has 2 aromatic rings. The number of amides is 1. The Labute approximate surface area is 145 Å². The number of aromatic nitrogens is 4. The molecule has 128 valence electrons. The average molecular weight is 347 g/mol. The van der Waals surface area contributed by atoms with E-state index in [9.17, 15) is 4.79 Å². The molecule has 0 aromatic carbocycles. The predicted molar refractivity (Wildman–Crippen MR) is 93.7 cm³/mol. The Morgan fingerprint density at radius 2 is 2.21 bits per heavy atom. The van der Waals surface area contributed by atoms with Crippen LogP contribution >= 0.6 is 11.8 Å². The van der Waals surface area contributed by atoms with Crippen molar-refractivity contribution in [3.8, 4) is 11.4 Å². The van der Waals surface area contributed by atoms with Crippen LogP contribution < -0.4 is 5.32 Å². The summed E-state index contributed by atoms with van der Waals surface area (Å²) in [6.07, 6.45) is 5.20. The van der Waals surface area contributed by atoms with Gasteiger partial charge in [-0.05, 0) is 19.1 Å². The number of pyridine rings is 1. The van der Waals surface area contributed by atoms with E-state index in [1.165, 1.54) is 11.8 Å². The second-order valence-corrected chi connectivity index (χ2v) is 6.29. The van der Waals surface area contributed by atoms with Crippen LogP contribution in [0.2, 0.25) is 0 Å². The zero-order valence-corrected chi connectivity index (χ0v) is 14.6. The Bertz CT molecular complexity index is 674. The SMILES string of the molecule is C=CCn1c(S[C@@H](C)C(=O)NCCOC)nnc1-c1ccncc1. The number of carbonyl (C=O) groups excluding carboxylic acids is 1. The normalized spacial score (nSPS) is 11.9. The van der Waals surface area contributed by atoms with Gasteiger partial charge in [-0.25, -0.2) is 0 Å². The first-order chi connectivity index (χ1) is 11.7. The molecule has 7 nitrogen and oxygen atoms in total. The molecule has 0 saturated carbocycles. The van der Waals surface area contributed by atoms with Gasteiger partial charge in [0.05, 0.1) is 11.9 Å². The van der Waals surface area contributed by atoms with Crippen molar-refractivity contribution in [1.29, 1.82) is 0 Å². The van der Waals surface area contributed by atoms with E-state index >= 15 is 0 Å². The van der Waals surface area contributed by atoms with Crippen LogP contribution in [0.3, 0.4) is 0 Å². The Kier molecular flexibility index (Phi) is 6.95. The van der Waals surface area contributed by atoms with Crippen molar-refractivity contribution < 1.29 is 9.53 Å². The molecule has 1 atom stereocenters. The molecule has 0 aliphatic rings. The molecule has 0 aliphatic heterocycles. The minimum Gasteiger partial charge on any atom is -0.383 e. The van der Waals surface area contributed by atoms with E-state index in [4.69, 9.17) is 4.74 Å². The van der Waals surface area contributed by atoms with Crippen LogP contribution in [0.15, 0.2) is 42.3 Å². The van der Waals surface area contributed by atoms with Gasteiger partial charge in [0.25, 0.3) is 0 Å². The lowest BCUT2D eigenvalue weighted by Crippen LogP contribution is -2.33. The lowest BCUT2D eigenvalue weighted by atomic mass is 10.2. The smallest absolute Gasteiger partial charge is 0.233 e. The van der Waals surface area contributed by atoms with Crippen LogP contribution in [0, 0.1) is 0 Å². The number of allylic oxidation sites excluding steroid dienone is 1. The lowest BCUT2D eigenvalue weighted by molar-refractivity contribution is -0.120. The second-order valence-electron chi connectivity index (χ2n) is 4.99. The number of methoxy groups -OCH3 is 1. The van der Waals surface area contributed by atoms with Crippen molar-refractivity contribution in [2.24, 2.45) is 0 Å². The molecule has 0 unspecified atom stereocenters. The molecule has 8 heteroatoms. The van der Waals surface area contributed by atoms with Crippen LogP contribution in [0.1, 0.15) is 6.92 Å². The van der Waals surface area contributed by atoms with Gasteiger partial charge in [0, 0.05) is 38.2 Å². The number of nitrogens with one attached hydrogen (secondary N) is 1. The van der Waals surface area contributed by atoms with Crippen molar-refractivity contribution in [2.45, 2.75) is 23.9 Å². The van der Waals surface area contributed by atoms with E-state index in [-0.39, 0.29) is 11.2 Å². The predicted octanol–water partition coefficient (Wildman–Crippen LogP) is 1.77. The maximum absolute atomic E-state index is 12.1. The topological polar surface area (TPSA) is 81.9 Å². The average Bonchev–Trinajstić information content (AvgIpc) is 2.98. The van der Waals surface area contributed by atoms with Crippen LogP contribution in [-0.4, -0.2) is 51.2 Å². The van der Waals surface area contributed by atoms with Crippen molar-refractivity contribution in [3.05, 3.63) is 37.2 Å². The fourth-order valence-electron chi connectivity index (χ4n) is 2.02. The minimum atomic E-state index is -0.292. The van der Waals surface area contributed by atoms with Crippen molar-refractivity contribution in [2.75, 3.05) is 20.3 Å². The molecule has 2 rings (SSSR count). The third-order valence-electron chi connectivity index (χ3n) is 3.22. The quantitative estimate of drug-likeness (QED) is 0.423. The maximum atomic E-state index is 12.1. The van der Waals surface area contributed by atoms with Gasteiger partial charge < -0.3 is 10.1 Å². The fraction of sp³-hybridized carbons (Fsp3) is 0.375. The molecule has 2 heterocycles. The molecule has 0 saturated heterocycles. The van der Waals surface area contributed by atoms with E-state index < -0.39 is 0 Å². The van der Waals surface area contributed by atoms with Crippen LogP contribution in [-0.2, 0) is 16.1 Å². The summed E-state index contributed by atoms with van der Waals surface area (Å²) in [5, 5.41) is 11.7. The van der Waals surface area contributed by atoms with E-state index in [1.807, 2.05) is 23.6 Å². The number of hydrogen-bond acceptors (Lipinski definition) is 6. The highest BCUT2D eigenvalue weighted by Gasteiger charge is 2.20. The fourth-order valence-corrected chi connectivity index (χ4v) is 2.90. The number of ether oxygens (including phenoxy) is 1. The van der Waals surface area contributed by atoms with Crippen molar-refractivity contribution in [1.82, 2.24) is 25.1 Å². The standard InChI is InChI=1S/C16H21N5O2S/c1-4-10-21-14(13-5-7-17-8-6-13)19-20-16(21)24-12(2)15(22)18-9-11-23-3/h4-8,12H,1,9-11H2,2-3H3,(H,18,22)/t12-/m0/s1. The Morgan fingerprint density at radius 3 is 2.88 bits per heavy atom. The van der Waals surface area contributed by atoms with E-state index in [2.05, 4.69) is 27.1 Å². The van der Waals surface area contributed by atoms with Gasteiger partial charge in [-0.15, -0.1) is 16.8 Å². The van der Waals surface area contributed by atoms with E-state index in [0.717, 1.165) is 11.4 Å². The highest BCUT2D eigenvalue weighted by Crippen LogP contribution is 2.26. The van der Waals surface area contributed by atoms with E-state index in [1.54, 1.807) is 25.6 Å². The third kappa shape index (κ3) is 4.65. The summed E-state index contributed by atoms with van der Waals surface area (Å²) >= 11 is 1.36. The van der Waals surface area contributed by atoms with Crippen LogP contribution in [0.25, 0.3) is 11.4 Å². The lowest BCUT2D eigenvalue weighted by Gasteiger charge is -2.12. The molecule has 1 N–H and O–H groups in total. The summed E-state index contributed by atoms with van der Waals surface area (Å²) in [5.41, 5.74) is 0.920. The van der Waals surface area contributed by atoms with Gasteiger partial charge in [0.2, 0.25) is 5.91 Å². The number of thioether (sulfide) groups is 1. The number of carbonyl (C=O) groups is 1. The molecule has 0 aliphatic carbocycles. The molecule has 1 amide bonds. The van der Waals surface area contributed by atoms with Gasteiger partial charge in [-0.3, -0.25) is 14.3 Å². The first-order valence-electron chi connectivity index (χ1n) is 7.55. The monoisotopic (exact) mass is 347 g/mol. The first kappa shape index (κ1) is 18.2. The van der Waals surface area contributed by atoms with Gasteiger partial charge >= 0.3 is 0 Å². The third-order valence-corrected chi connectivity index (χ3v) is 4.30. The van der Waals surface area contributed by atoms with Crippen molar-refractivity contribution >= 4 is 17.7 Å². The van der Waals surface area contributed by atoms with Gasteiger partial charge in [-0.2, -0.15) is 0 Å². The highest BCUT2D eigenvalue weighted by molar-refractivity contribution is 8.00. The molecule has 0 spiro atoms. The van der Waals surface area contributed by atoms with Gasteiger partial charge in [0.1, 0.15) is 0 Å². The molecular weight excluding hydrogens is 326 g/mol. The minimum absolute atomic E-state index is 0.0596. The first-order valence-corrected chi connectivity index (χ1v) is 8.43. The molecule has 0 bridgehead atoms. The summed E-state index contributed by atoms with van der Waals surface area (Å²) in [4.78, 5) is 16.1.